The average Bonchev–Trinajstić information content (AvgIpc) is 2.11. The highest BCUT2D eigenvalue weighted by molar-refractivity contribution is 4.79. The lowest BCUT2D eigenvalue weighted by Crippen LogP contribution is -2.14. The summed E-state index contributed by atoms with van der Waals surface area (Å²) in [6.45, 7) is 4.93. The first kappa shape index (κ1) is 11.7. The zero-order chi connectivity index (χ0) is 9.23. The van der Waals surface area contributed by atoms with Crippen LogP contribution in [0.5, 0.6) is 0 Å². The molecule has 12 heavy (non-hydrogen) atoms. The van der Waals surface area contributed by atoms with E-state index in [9.17, 15) is 0 Å². The molecule has 72 valence electrons. The van der Waals surface area contributed by atoms with Gasteiger partial charge in [0.1, 0.15) is 0 Å². The minimum absolute atomic E-state index is 0.0278. The number of allylic oxidation sites excluding steroid dienone is 1. The standard InChI is InChI=1S/C10H20O2/c1-4-6-7-8-9-12-10(5-2)11-3/h6-7,10H,4-5,8-9H2,1-3H3/b7-6+. The summed E-state index contributed by atoms with van der Waals surface area (Å²) in [6, 6.07) is 0. The van der Waals surface area contributed by atoms with Crippen LogP contribution in [0, 0.1) is 0 Å². The number of hydrogen-bond donors (Lipinski definition) is 0. The Bertz CT molecular complexity index is 106. The molecule has 0 aliphatic carbocycles. The normalized spacial score (nSPS) is 13.9. The van der Waals surface area contributed by atoms with E-state index in [2.05, 4.69) is 26.0 Å². The van der Waals surface area contributed by atoms with Crippen molar-refractivity contribution in [3.05, 3.63) is 12.2 Å². The molecule has 0 heterocycles. The van der Waals surface area contributed by atoms with Gasteiger partial charge in [0, 0.05) is 7.11 Å². The van der Waals surface area contributed by atoms with Crippen LogP contribution in [0.3, 0.4) is 0 Å². The molecular formula is C10H20O2. The van der Waals surface area contributed by atoms with Crippen molar-refractivity contribution in [2.75, 3.05) is 13.7 Å². The lowest BCUT2D eigenvalue weighted by Gasteiger charge is -2.12. The molecule has 0 fully saturated rings. The zero-order valence-corrected chi connectivity index (χ0v) is 8.38. The molecule has 0 N–H and O–H groups in total. The van der Waals surface area contributed by atoms with E-state index >= 15 is 0 Å². The summed E-state index contributed by atoms with van der Waals surface area (Å²) in [5.41, 5.74) is 0. The summed E-state index contributed by atoms with van der Waals surface area (Å²) in [5.74, 6) is 0. The fourth-order valence-corrected chi connectivity index (χ4v) is 0.905. The van der Waals surface area contributed by atoms with Crippen LogP contribution in [-0.4, -0.2) is 20.0 Å². The van der Waals surface area contributed by atoms with Crippen molar-refractivity contribution >= 4 is 0 Å². The SMILES string of the molecule is CC/C=C/CCOC(CC)OC. The largest absolute Gasteiger partial charge is 0.356 e. The summed E-state index contributed by atoms with van der Waals surface area (Å²) in [5, 5.41) is 0. The second-order valence-corrected chi connectivity index (χ2v) is 2.61. The van der Waals surface area contributed by atoms with Crippen LogP contribution in [0.4, 0.5) is 0 Å². The second kappa shape index (κ2) is 8.75. The highest BCUT2D eigenvalue weighted by Crippen LogP contribution is 1.99. The highest BCUT2D eigenvalue weighted by atomic mass is 16.7. The lowest BCUT2D eigenvalue weighted by atomic mass is 10.3. The molecule has 2 nitrogen and oxygen atoms in total. The summed E-state index contributed by atoms with van der Waals surface area (Å²) >= 11 is 0. The Balaban J connectivity index is 3.23. The highest BCUT2D eigenvalue weighted by Gasteiger charge is 2.01. The molecule has 2 heteroatoms. The molecule has 1 unspecified atom stereocenters. The zero-order valence-electron chi connectivity index (χ0n) is 8.38. The molecular weight excluding hydrogens is 152 g/mol. The molecule has 1 atom stereocenters. The van der Waals surface area contributed by atoms with Crippen molar-refractivity contribution in [2.45, 2.75) is 39.4 Å². The first-order valence-electron chi connectivity index (χ1n) is 4.64. The third-order valence-electron chi connectivity index (χ3n) is 1.59. The summed E-state index contributed by atoms with van der Waals surface area (Å²) < 4.78 is 10.5. The van der Waals surface area contributed by atoms with E-state index in [4.69, 9.17) is 9.47 Å². The van der Waals surface area contributed by atoms with Crippen LogP contribution in [0.2, 0.25) is 0 Å². The van der Waals surface area contributed by atoms with Crippen LogP contribution in [0.1, 0.15) is 33.1 Å². The predicted octanol–water partition coefficient (Wildman–Crippen LogP) is 2.74. The molecule has 0 aliphatic rings. The summed E-state index contributed by atoms with van der Waals surface area (Å²) in [6.07, 6.45) is 7.25. The van der Waals surface area contributed by atoms with Gasteiger partial charge in [0.05, 0.1) is 6.61 Å². The Labute approximate surface area is 75.6 Å². The third-order valence-corrected chi connectivity index (χ3v) is 1.59. The Morgan fingerprint density at radius 2 is 2.00 bits per heavy atom. The minimum Gasteiger partial charge on any atom is -0.356 e. The van der Waals surface area contributed by atoms with Gasteiger partial charge in [0.2, 0.25) is 0 Å². The van der Waals surface area contributed by atoms with Gasteiger partial charge >= 0.3 is 0 Å². The van der Waals surface area contributed by atoms with E-state index in [1.807, 2.05) is 0 Å². The van der Waals surface area contributed by atoms with Gasteiger partial charge in [-0.2, -0.15) is 0 Å². The van der Waals surface area contributed by atoms with E-state index in [0.29, 0.717) is 0 Å². The van der Waals surface area contributed by atoms with E-state index in [0.717, 1.165) is 25.9 Å². The van der Waals surface area contributed by atoms with Crippen molar-refractivity contribution in [1.29, 1.82) is 0 Å². The van der Waals surface area contributed by atoms with Crippen molar-refractivity contribution in [1.82, 2.24) is 0 Å². The number of hydrogen-bond acceptors (Lipinski definition) is 2. The fourth-order valence-electron chi connectivity index (χ4n) is 0.905. The Morgan fingerprint density at radius 1 is 1.25 bits per heavy atom. The van der Waals surface area contributed by atoms with Crippen LogP contribution >= 0.6 is 0 Å². The smallest absolute Gasteiger partial charge is 0.156 e. The quantitative estimate of drug-likeness (QED) is 0.334. The molecule has 0 bridgehead atoms. The molecule has 0 aromatic rings. The predicted molar refractivity (Wildman–Crippen MR) is 51.1 cm³/mol. The van der Waals surface area contributed by atoms with Crippen LogP contribution in [-0.2, 0) is 9.47 Å². The molecule has 0 saturated heterocycles. The third kappa shape index (κ3) is 6.38. The van der Waals surface area contributed by atoms with Gasteiger partial charge in [0.25, 0.3) is 0 Å². The monoisotopic (exact) mass is 172 g/mol. The van der Waals surface area contributed by atoms with Crippen molar-refractivity contribution in [2.24, 2.45) is 0 Å². The first-order chi connectivity index (χ1) is 5.85. The van der Waals surface area contributed by atoms with Crippen molar-refractivity contribution in [3.8, 4) is 0 Å². The van der Waals surface area contributed by atoms with Gasteiger partial charge in [0.15, 0.2) is 6.29 Å². The van der Waals surface area contributed by atoms with Crippen molar-refractivity contribution < 1.29 is 9.47 Å². The fraction of sp³-hybridized carbons (Fsp3) is 0.800. The van der Waals surface area contributed by atoms with Gasteiger partial charge in [-0.1, -0.05) is 26.0 Å². The summed E-state index contributed by atoms with van der Waals surface area (Å²) in [4.78, 5) is 0. The molecule has 0 aliphatic heterocycles. The van der Waals surface area contributed by atoms with Gasteiger partial charge < -0.3 is 9.47 Å². The maximum atomic E-state index is 5.41. The van der Waals surface area contributed by atoms with E-state index in [1.54, 1.807) is 7.11 Å². The Morgan fingerprint density at radius 3 is 2.50 bits per heavy atom. The van der Waals surface area contributed by atoms with Gasteiger partial charge in [-0.3, -0.25) is 0 Å². The average molecular weight is 172 g/mol. The summed E-state index contributed by atoms with van der Waals surface area (Å²) in [7, 11) is 1.68. The number of ether oxygens (including phenoxy) is 2. The van der Waals surface area contributed by atoms with Gasteiger partial charge in [-0.15, -0.1) is 0 Å². The molecule has 0 rings (SSSR count). The maximum absolute atomic E-state index is 5.41. The topological polar surface area (TPSA) is 18.5 Å². The van der Waals surface area contributed by atoms with Gasteiger partial charge in [-0.05, 0) is 19.3 Å². The van der Waals surface area contributed by atoms with E-state index < -0.39 is 0 Å². The number of rotatable bonds is 7. The lowest BCUT2D eigenvalue weighted by molar-refractivity contribution is -0.123. The van der Waals surface area contributed by atoms with Crippen LogP contribution in [0.15, 0.2) is 12.2 Å². The maximum Gasteiger partial charge on any atom is 0.156 e. The molecule has 0 aromatic carbocycles. The van der Waals surface area contributed by atoms with Gasteiger partial charge in [-0.25, -0.2) is 0 Å². The van der Waals surface area contributed by atoms with Crippen LogP contribution < -0.4 is 0 Å². The van der Waals surface area contributed by atoms with E-state index in [-0.39, 0.29) is 6.29 Å². The van der Waals surface area contributed by atoms with E-state index in [1.165, 1.54) is 0 Å². The molecule has 0 spiro atoms. The molecule has 0 saturated carbocycles. The molecule has 0 aromatic heterocycles. The Kier molecular flexibility index (Phi) is 8.51. The Hall–Kier alpha value is -0.340. The second-order valence-electron chi connectivity index (χ2n) is 2.61. The molecule has 0 amide bonds. The van der Waals surface area contributed by atoms with Crippen LogP contribution in [0.25, 0.3) is 0 Å². The molecule has 0 radical (unpaired) electrons. The van der Waals surface area contributed by atoms with Crippen molar-refractivity contribution in [3.63, 3.8) is 0 Å². The first-order valence-corrected chi connectivity index (χ1v) is 4.64. The minimum atomic E-state index is -0.0278. The number of methoxy groups -OCH3 is 1.